The van der Waals surface area contributed by atoms with Crippen molar-refractivity contribution in [2.24, 2.45) is 0 Å². The Morgan fingerprint density at radius 1 is 1.11 bits per heavy atom. The van der Waals surface area contributed by atoms with Crippen LogP contribution in [0.25, 0.3) is 0 Å². The van der Waals surface area contributed by atoms with Gasteiger partial charge in [-0.1, -0.05) is 59.7 Å². The van der Waals surface area contributed by atoms with Crippen LogP contribution < -0.4 is 10.8 Å². The number of aromatic nitrogens is 1. The summed E-state index contributed by atoms with van der Waals surface area (Å²) in [6, 6.07) is 5.92. The zero-order chi connectivity index (χ0) is 28.9. The fraction of sp³-hybridized carbons (Fsp3) is 0.655. The van der Waals surface area contributed by atoms with Crippen LogP contribution in [0.4, 0.5) is 0 Å². The summed E-state index contributed by atoms with van der Waals surface area (Å²) in [6.07, 6.45) is 1.68. The van der Waals surface area contributed by atoms with Crippen LogP contribution in [0.5, 0.6) is 0 Å². The average molecular weight is 559 g/mol. The van der Waals surface area contributed by atoms with Crippen molar-refractivity contribution in [2.75, 3.05) is 6.61 Å². The van der Waals surface area contributed by atoms with Crippen molar-refractivity contribution in [3.63, 3.8) is 0 Å². The highest BCUT2D eigenvalue weighted by molar-refractivity contribution is 7.13. The molecule has 1 aliphatic heterocycles. The van der Waals surface area contributed by atoms with E-state index in [-0.39, 0.29) is 22.4 Å². The van der Waals surface area contributed by atoms with Gasteiger partial charge in [0.25, 0.3) is 5.91 Å². The molecule has 0 radical (unpaired) electrons. The van der Waals surface area contributed by atoms with Gasteiger partial charge >= 0.3 is 7.12 Å². The fourth-order valence-corrected chi connectivity index (χ4v) is 5.78. The second kappa shape index (κ2) is 10.5. The first-order valence-electron chi connectivity index (χ1n) is 13.5. The molecule has 0 bridgehead atoms. The monoisotopic (exact) mass is 558 g/mol. The van der Waals surface area contributed by atoms with Crippen molar-refractivity contribution in [1.82, 2.24) is 10.3 Å². The van der Waals surface area contributed by atoms with Crippen molar-refractivity contribution in [2.45, 2.75) is 117 Å². The number of carbonyl (C=O) groups is 1. The standard InChI is InChI=1S/C29H47BN2O4SSi/c1-19-16-20(30-35-28(8,9)29(10,11)36-30)14-15-21(19)22(18-34-38(12,13)27(5,6)7)32-24(33)23-17-31-25(37-23)26(2,3)4/h14-17,22H,18H2,1-13H3,(H,32,33). The van der Waals surface area contributed by atoms with E-state index in [1.807, 2.05) is 6.07 Å². The molecule has 1 aromatic heterocycles. The summed E-state index contributed by atoms with van der Waals surface area (Å²) in [5, 5.41) is 4.27. The molecule has 38 heavy (non-hydrogen) atoms. The maximum atomic E-state index is 13.4. The van der Waals surface area contributed by atoms with Crippen LogP contribution in [0.3, 0.4) is 0 Å². The Morgan fingerprint density at radius 3 is 2.16 bits per heavy atom. The summed E-state index contributed by atoms with van der Waals surface area (Å²) in [6.45, 7) is 28.2. The Labute approximate surface area is 235 Å². The van der Waals surface area contributed by atoms with Crippen LogP contribution in [0.2, 0.25) is 18.1 Å². The smallest absolute Gasteiger partial charge is 0.414 e. The Kier molecular flexibility index (Phi) is 8.54. The zero-order valence-corrected chi connectivity index (χ0v) is 27.5. The molecule has 9 heteroatoms. The molecule has 6 nitrogen and oxygen atoms in total. The third-order valence-electron chi connectivity index (χ3n) is 8.29. The van der Waals surface area contributed by atoms with Crippen molar-refractivity contribution in [3.8, 4) is 0 Å². The van der Waals surface area contributed by atoms with E-state index in [9.17, 15) is 4.79 Å². The van der Waals surface area contributed by atoms with E-state index in [0.29, 0.717) is 11.5 Å². The van der Waals surface area contributed by atoms with E-state index in [2.05, 4.69) is 112 Å². The number of benzene rings is 1. The summed E-state index contributed by atoms with van der Waals surface area (Å²) in [5.74, 6) is -0.128. The normalized spacial score (nSPS) is 18.5. The average Bonchev–Trinajstić information content (AvgIpc) is 3.33. The number of rotatable bonds is 7. The molecule has 0 spiro atoms. The maximum absolute atomic E-state index is 13.4. The number of thiazole rings is 1. The lowest BCUT2D eigenvalue weighted by atomic mass is 9.77. The first kappa shape index (κ1) is 31.0. The van der Waals surface area contributed by atoms with Gasteiger partial charge in [-0.05, 0) is 69.3 Å². The number of amides is 1. The summed E-state index contributed by atoms with van der Waals surface area (Å²) < 4.78 is 19.1. The molecule has 0 aliphatic carbocycles. The molecule has 1 atom stereocenters. The number of nitrogens with zero attached hydrogens (tertiary/aromatic N) is 1. The Bertz CT molecular complexity index is 1150. The highest BCUT2D eigenvalue weighted by Crippen LogP contribution is 2.38. The summed E-state index contributed by atoms with van der Waals surface area (Å²) in [4.78, 5) is 18.5. The van der Waals surface area contributed by atoms with Crippen molar-refractivity contribution < 1.29 is 18.5 Å². The van der Waals surface area contributed by atoms with Gasteiger partial charge in [-0.25, -0.2) is 4.98 Å². The third-order valence-corrected chi connectivity index (χ3v) is 14.2. The maximum Gasteiger partial charge on any atom is 0.494 e. The Balaban J connectivity index is 1.90. The first-order chi connectivity index (χ1) is 17.1. The Morgan fingerprint density at radius 2 is 1.68 bits per heavy atom. The topological polar surface area (TPSA) is 69.7 Å². The minimum atomic E-state index is -2.03. The molecule has 1 saturated heterocycles. The number of nitrogens with one attached hydrogen (secondary N) is 1. The molecule has 1 amide bonds. The number of carbonyl (C=O) groups excluding carboxylic acids is 1. The van der Waals surface area contributed by atoms with Gasteiger partial charge in [-0.15, -0.1) is 11.3 Å². The van der Waals surface area contributed by atoms with Gasteiger partial charge in [0.15, 0.2) is 8.32 Å². The summed E-state index contributed by atoms with van der Waals surface area (Å²) in [7, 11) is -2.47. The summed E-state index contributed by atoms with van der Waals surface area (Å²) in [5.41, 5.74) is 2.14. The third kappa shape index (κ3) is 6.61. The lowest BCUT2D eigenvalue weighted by Gasteiger charge is -2.37. The molecule has 3 rings (SSSR count). The minimum Gasteiger partial charge on any atom is -0.414 e. The minimum absolute atomic E-state index is 0.0660. The van der Waals surface area contributed by atoms with Gasteiger partial charge in [0.1, 0.15) is 4.88 Å². The van der Waals surface area contributed by atoms with Crippen molar-refractivity contribution in [1.29, 1.82) is 0 Å². The number of aryl methyl sites for hydroxylation is 1. The van der Waals surface area contributed by atoms with Gasteiger partial charge in [-0.2, -0.15) is 0 Å². The molecule has 2 aromatic rings. The molecule has 1 fully saturated rings. The predicted octanol–water partition coefficient (Wildman–Crippen LogP) is 6.54. The first-order valence-corrected chi connectivity index (χ1v) is 17.2. The molecule has 1 N–H and O–H groups in total. The van der Waals surface area contributed by atoms with Crippen LogP contribution in [-0.4, -0.2) is 44.1 Å². The second-order valence-electron chi connectivity index (χ2n) is 14.1. The molecule has 210 valence electrons. The van der Waals surface area contributed by atoms with Gasteiger partial charge in [0, 0.05) is 5.41 Å². The van der Waals surface area contributed by atoms with Crippen LogP contribution in [0.15, 0.2) is 24.4 Å². The molecular weight excluding hydrogens is 511 g/mol. The Hall–Kier alpha value is -1.52. The summed E-state index contributed by atoms with van der Waals surface area (Å²) >= 11 is 1.45. The molecule has 1 unspecified atom stereocenters. The van der Waals surface area contributed by atoms with E-state index in [0.717, 1.165) is 21.6 Å². The van der Waals surface area contributed by atoms with Gasteiger partial charge in [0.2, 0.25) is 0 Å². The van der Waals surface area contributed by atoms with Crippen molar-refractivity contribution in [3.05, 3.63) is 45.4 Å². The highest BCUT2D eigenvalue weighted by atomic mass is 32.1. The number of hydrogen-bond donors (Lipinski definition) is 1. The molecule has 1 aromatic carbocycles. The molecule has 2 heterocycles. The van der Waals surface area contributed by atoms with Crippen LogP contribution in [0.1, 0.15) is 101 Å². The van der Waals surface area contributed by atoms with E-state index >= 15 is 0 Å². The predicted molar refractivity (Wildman–Crippen MR) is 161 cm³/mol. The second-order valence-corrected chi connectivity index (χ2v) is 19.9. The SMILES string of the molecule is Cc1cc(B2OC(C)(C)C(C)(C)O2)ccc1C(CO[Si](C)(C)C(C)(C)C)NC(=O)c1cnc(C(C)(C)C)s1. The largest absolute Gasteiger partial charge is 0.494 e. The fourth-order valence-electron chi connectivity index (χ4n) is 3.89. The molecule has 1 aliphatic rings. The highest BCUT2D eigenvalue weighted by Gasteiger charge is 2.51. The van der Waals surface area contributed by atoms with Crippen LogP contribution >= 0.6 is 11.3 Å². The van der Waals surface area contributed by atoms with Gasteiger partial charge in [-0.3, -0.25) is 4.79 Å². The van der Waals surface area contributed by atoms with E-state index in [4.69, 9.17) is 13.7 Å². The van der Waals surface area contributed by atoms with E-state index < -0.39 is 26.6 Å². The molecular formula is C29H47BN2O4SSi. The van der Waals surface area contributed by atoms with E-state index in [1.165, 1.54) is 11.3 Å². The van der Waals surface area contributed by atoms with Gasteiger partial charge in [0.05, 0.1) is 35.1 Å². The van der Waals surface area contributed by atoms with E-state index in [1.54, 1.807) is 6.20 Å². The number of hydrogen-bond acceptors (Lipinski definition) is 6. The van der Waals surface area contributed by atoms with Crippen LogP contribution in [-0.2, 0) is 19.1 Å². The lowest BCUT2D eigenvalue weighted by Crippen LogP contribution is -2.43. The van der Waals surface area contributed by atoms with Crippen molar-refractivity contribution >= 4 is 38.1 Å². The van der Waals surface area contributed by atoms with Gasteiger partial charge < -0.3 is 19.1 Å². The van der Waals surface area contributed by atoms with Crippen LogP contribution in [0, 0.1) is 6.92 Å². The lowest BCUT2D eigenvalue weighted by molar-refractivity contribution is 0.00578. The molecule has 0 saturated carbocycles. The quantitative estimate of drug-likeness (QED) is 0.391. The zero-order valence-electron chi connectivity index (χ0n) is 25.7.